The predicted octanol–water partition coefficient (Wildman–Crippen LogP) is 11.3. The van der Waals surface area contributed by atoms with E-state index in [-0.39, 0.29) is 10.8 Å². The van der Waals surface area contributed by atoms with Gasteiger partial charge in [-0.1, -0.05) is 103 Å². The number of rotatable bonds is 4. The zero-order valence-electron chi connectivity index (χ0n) is 33.0. The summed E-state index contributed by atoms with van der Waals surface area (Å²) in [5.41, 5.74) is 5.60. The highest BCUT2D eigenvalue weighted by atomic mass is 32.1. The molecule has 2 aliphatic rings. The van der Waals surface area contributed by atoms with Crippen LogP contribution < -0.4 is 0 Å². The second-order valence-corrected chi connectivity index (χ2v) is 19.4. The Balaban J connectivity index is 0.000000134. The maximum Gasteiger partial charge on any atom is 0.288 e. The minimum atomic E-state index is -0.0201. The topological polar surface area (TPSA) is 141 Å². The Morgan fingerprint density at radius 3 is 1.83 bits per heavy atom. The molecule has 0 amide bonds. The summed E-state index contributed by atoms with van der Waals surface area (Å²) < 4.78 is 16.2. The van der Waals surface area contributed by atoms with Gasteiger partial charge in [-0.05, 0) is 32.6 Å². The minimum absolute atomic E-state index is 0.0201. The molecule has 8 heterocycles. The van der Waals surface area contributed by atoms with Crippen molar-refractivity contribution in [1.29, 1.82) is 0 Å². The molecule has 8 rings (SSSR count). The Morgan fingerprint density at radius 2 is 1.25 bits per heavy atom. The number of oxazole rings is 3. The predicted molar refractivity (Wildman–Crippen MR) is 215 cm³/mol. The highest BCUT2D eigenvalue weighted by Gasteiger charge is 2.26. The van der Waals surface area contributed by atoms with Crippen LogP contribution in [-0.2, 0) is 36.5 Å². The van der Waals surface area contributed by atoms with Crippen molar-refractivity contribution in [3.8, 4) is 0 Å². The molecule has 2 aliphatic heterocycles. The number of aliphatic imine (C=N–C) groups is 2. The third-order valence-electron chi connectivity index (χ3n) is 7.49. The van der Waals surface area contributed by atoms with Gasteiger partial charge in [0.05, 0.1) is 15.7 Å². The second kappa shape index (κ2) is 15.8. The van der Waals surface area contributed by atoms with E-state index in [2.05, 4.69) is 116 Å². The van der Waals surface area contributed by atoms with E-state index in [1.165, 1.54) is 21.4 Å². The first kappa shape index (κ1) is 39.6. The standard InChI is InChI=1S/C10H14N2O.C10H14N2S.C9H12N2O2.C9H12N2S2/c2*1-6-5-7-8(11-6)13-9(12-7)10(2,3)4;2*1-5(2)4-7-11-9-8(13-7)10-6(3)12-9/h2*5H2,1-4H3;2*5H,4H2,1-3H3. The van der Waals surface area contributed by atoms with Gasteiger partial charge in [-0.2, -0.15) is 9.97 Å². The first-order chi connectivity index (χ1) is 24.2. The Hall–Kier alpha value is -3.62. The molecule has 0 N–H and O–H groups in total. The molecule has 14 heteroatoms. The fraction of sp³-hybridized carbons (Fsp3) is 0.579. The summed E-state index contributed by atoms with van der Waals surface area (Å²) in [6.07, 6.45) is 3.69. The van der Waals surface area contributed by atoms with Crippen molar-refractivity contribution in [2.75, 3.05) is 0 Å². The Bertz CT molecular complexity index is 1970. The van der Waals surface area contributed by atoms with Gasteiger partial charge in [-0.3, -0.25) is 0 Å². The monoisotopic (exact) mass is 764 g/mol. The number of hydrogen-bond acceptors (Lipinski definition) is 14. The summed E-state index contributed by atoms with van der Waals surface area (Å²) in [4.78, 5) is 37.2. The molecule has 6 aromatic heterocycles. The first-order valence-electron chi connectivity index (χ1n) is 17.8. The van der Waals surface area contributed by atoms with Crippen molar-refractivity contribution in [2.45, 2.75) is 133 Å². The summed E-state index contributed by atoms with van der Waals surface area (Å²) in [7, 11) is 0. The molecule has 0 spiro atoms. The van der Waals surface area contributed by atoms with E-state index in [0.29, 0.717) is 40.9 Å². The number of thiazole rings is 3. The second-order valence-electron chi connectivity index (χ2n) is 16.2. The van der Waals surface area contributed by atoms with Crippen LogP contribution in [0, 0.1) is 25.7 Å². The van der Waals surface area contributed by atoms with Gasteiger partial charge in [-0.25, -0.2) is 29.9 Å². The molecule has 52 heavy (non-hydrogen) atoms. The molecule has 0 unspecified atom stereocenters. The number of aryl methyl sites for hydroxylation is 2. The highest BCUT2D eigenvalue weighted by molar-refractivity contribution is 7.26. The average molecular weight is 765 g/mol. The third-order valence-corrected chi connectivity index (χ3v) is 10.9. The number of hydrogen-bond donors (Lipinski definition) is 0. The third kappa shape index (κ3) is 10.3. The lowest BCUT2D eigenvalue weighted by atomic mass is 9.97. The van der Waals surface area contributed by atoms with Gasteiger partial charge in [0.15, 0.2) is 15.6 Å². The fourth-order valence-corrected chi connectivity index (χ4v) is 8.33. The van der Waals surface area contributed by atoms with Crippen LogP contribution in [0.3, 0.4) is 0 Å². The van der Waals surface area contributed by atoms with Crippen LogP contribution in [0.5, 0.6) is 0 Å². The maximum absolute atomic E-state index is 5.56. The number of fused-ring (bicyclic) bond motifs is 4. The van der Waals surface area contributed by atoms with E-state index in [4.69, 9.17) is 13.3 Å². The number of nitrogens with zero attached hydrogens (tertiary/aromatic N) is 8. The van der Waals surface area contributed by atoms with Crippen LogP contribution in [0.15, 0.2) is 23.2 Å². The lowest BCUT2D eigenvalue weighted by molar-refractivity contribution is 0.398. The molecule has 0 saturated carbocycles. The lowest BCUT2D eigenvalue weighted by Crippen LogP contribution is -2.11. The number of aromatic nitrogens is 6. The van der Waals surface area contributed by atoms with Gasteiger partial charge in [0.2, 0.25) is 17.7 Å². The van der Waals surface area contributed by atoms with Gasteiger partial charge in [0.1, 0.15) is 15.7 Å². The molecule has 6 aromatic rings. The fourth-order valence-electron chi connectivity index (χ4n) is 5.08. The van der Waals surface area contributed by atoms with Gasteiger partial charge in [0, 0.05) is 54.9 Å². The average Bonchev–Trinajstić information content (AvgIpc) is 3.82. The smallest absolute Gasteiger partial charge is 0.288 e. The normalized spacial score (nSPS) is 13.8. The van der Waals surface area contributed by atoms with E-state index in [0.717, 1.165) is 62.6 Å². The van der Waals surface area contributed by atoms with E-state index < -0.39 is 0 Å². The van der Waals surface area contributed by atoms with Crippen molar-refractivity contribution in [1.82, 2.24) is 29.9 Å². The molecular formula is C38H52N8O3S3. The van der Waals surface area contributed by atoms with Crippen molar-refractivity contribution in [3.05, 3.63) is 44.1 Å². The van der Waals surface area contributed by atoms with Gasteiger partial charge < -0.3 is 13.3 Å². The van der Waals surface area contributed by atoms with Crippen molar-refractivity contribution < 1.29 is 13.3 Å². The molecule has 11 nitrogen and oxygen atoms in total. The molecule has 0 saturated heterocycles. The largest absolute Gasteiger partial charge is 0.422 e. The maximum atomic E-state index is 5.56. The van der Waals surface area contributed by atoms with E-state index in [9.17, 15) is 0 Å². The molecule has 0 bridgehead atoms. The minimum Gasteiger partial charge on any atom is -0.422 e. The molecule has 0 atom stereocenters. The van der Waals surface area contributed by atoms with Crippen LogP contribution >= 0.6 is 34.0 Å². The molecular weight excluding hydrogens is 713 g/mol. The van der Waals surface area contributed by atoms with Crippen LogP contribution in [0.2, 0.25) is 0 Å². The van der Waals surface area contributed by atoms with Gasteiger partial charge in [-0.15, -0.1) is 0 Å². The summed E-state index contributed by atoms with van der Waals surface area (Å²) in [6.45, 7) is 29.4. The van der Waals surface area contributed by atoms with E-state index in [1.807, 2.05) is 13.8 Å². The van der Waals surface area contributed by atoms with Crippen LogP contribution in [0.25, 0.3) is 21.1 Å². The van der Waals surface area contributed by atoms with Gasteiger partial charge >= 0.3 is 0 Å². The summed E-state index contributed by atoms with van der Waals surface area (Å²) in [6, 6.07) is 0. The SMILES string of the molecule is CC1=Nc2oc(C(C)(C)C)nc2C1.CC1=Nc2sc(C(C)(C)C)nc2C1.Cc1nc2oc(CC(C)C)nc2o1.Cc1nc2sc(CC(C)C)nc2s1. The molecule has 0 radical (unpaired) electrons. The summed E-state index contributed by atoms with van der Waals surface area (Å²) in [5, 5.41) is 4.67. The Morgan fingerprint density at radius 1 is 0.615 bits per heavy atom. The van der Waals surface area contributed by atoms with Crippen LogP contribution in [0.1, 0.15) is 127 Å². The van der Waals surface area contributed by atoms with E-state index >= 15 is 0 Å². The molecule has 280 valence electrons. The Labute approximate surface area is 318 Å². The van der Waals surface area contributed by atoms with Crippen molar-refractivity contribution >= 4 is 77.4 Å². The molecule has 0 aromatic carbocycles. The van der Waals surface area contributed by atoms with Gasteiger partial charge in [0.25, 0.3) is 11.4 Å². The van der Waals surface area contributed by atoms with E-state index in [1.54, 1.807) is 40.9 Å². The van der Waals surface area contributed by atoms with Crippen molar-refractivity contribution in [3.63, 3.8) is 0 Å². The van der Waals surface area contributed by atoms with Crippen LogP contribution in [-0.4, -0.2) is 41.3 Å². The highest BCUT2D eigenvalue weighted by Crippen LogP contribution is 2.38. The quantitative estimate of drug-likeness (QED) is 0.171. The zero-order chi connectivity index (χ0) is 38.1. The Kier molecular flexibility index (Phi) is 12.0. The zero-order valence-corrected chi connectivity index (χ0v) is 35.5. The lowest BCUT2D eigenvalue weighted by Gasteiger charge is -2.13. The molecule has 0 fully saturated rings. The summed E-state index contributed by atoms with van der Waals surface area (Å²) in [5.74, 6) is 4.01. The van der Waals surface area contributed by atoms with Crippen molar-refractivity contribution in [2.24, 2.45) is 21.8 Å². The summed E-state index contributed by atoms with van der Waals surface area (Å²) >= 11 is 5.16. The first-order valence-corrected chi connectivity index (χ1v) is 20.2. The van der Waals surface area contributed by atoms with Crippen LogP contribution in [0.4, 0.5) is 10.9 Å². The molecule has 0 aliphatic carbocycles.